The molecule has 0 radical (unpaired) electrons. The van der Waals surface area contributed by atoms with Crippen molar-refractivity contribution in [2.75, 3.05) is 9.80 Å². The number of benzene rings is 8. The van der Waals surface area contributed by atoms with Crippen molar-refractivity contribution < 1.29 is 0 Å². The molecule has 0 aromatic heterocycles. The highest BCUT2D eigenvalue weighted by Gasteiger charge is 2.52. The fourth-order valence-electron chi connectivity index (χ4n) is 11.3. The van der Waals surface area contributed by atoms with E-state index in [0.717, 1.165) is 5.69 Å². The Morgan fingerprint density at radius 2 is 0.922 bits per heavy atom. The first-order chi connectivity index (χ1) is 31.1. The SMILES string of the molecule is Cc1ccc2c(c1)C1(c3ccccc3N(c3ccccc3)c3ccccc31)c1cc(C)ccc1N2c1ccc2c(c1)Sc1ccccc1B2c1c(C(C)C)cc(C(C)C)cc1C(C)C. The minimum atomic E-state index is -0.576. The lowest BCUT2D eigenvalue weighted by atomic mass is 9.34. The zero-order valence-electron chi connectivity index (χ0n) is 38.3. The van der Waals surface area contributed by atoms with E-state index < -0.39 is 5.41 Å². The number of rotatable bonds is 6. The molecule has 2 nitrogen and oxygen atoms in total. The van der Waals surface area contributed by atoms with Crippen molar-refractivity contribution in [3.05, 3.63) is 220 Å². The Bertz CT molecular complexity index is 3000. The monoisotopic (exact) mass is 846 g/mol. The number of nitrogens with zero attached hydrogens (tertiary/aromatic N) is 2. The van der Waals surface area contributed by atoms with E-state index in [1.54, 1.807) is 0 Å². The largest absolute Gasteiger partial charge is 0.310 e. The number of anilines is 6. The zero-order chi connectivity index (χ0) is 44.0. The molecule has 8 aromatic carbocycles. The van der Waals surface area contributed by atoms with Crippen molar-refractivity contribution in [1.82, 2.24) is 0 Å². The smallest absolute Gasteiger partial charge is 0.244 e. The highest BCUT2D eigenvalue weighted by Crippen LogP contribution is 2.64. The lowest BCUT2D eigenvalue weighted by molar-refractivity contribution is 0.717. The Morgan fingerprint density at radius 1 is 0.422 bits per heavy atom. The Kier molecular flexibility index (Phi) is 9.81. The molecule has 0 bridgehead atoms. The second kappa shape index (κ2) is 15.5. The highest BCUT2D eigenvalue weighted by atomic mass is 32.2. The van der Waals surface area contributed by atoms with E-state index in [1.807, 2.05) is 11.8 Å². The maximum atomic E-state index is 2.57. The van der Waals surface area contributed by atoms with Crippen LogP contribution in [0.15, 0.2) is 180 Å². The van der Waals surface area contributed by atoms with Gasteiger partial charge in [0.15, 0.2) is 0 Å². The number of hydrogen-bond donors (Lipinski definition) is 0. The van der Waals surface area contributed by atoms with E-state index in [2.05, 4.69) is 235 Å². The molecule has 4 heteroatoms. The summed E-state index contributed by atoms with van der Waals surface area (Å²) in [6.07, 6.45) is 0. The number of aryl methyl sites for hydroxylation is 2. The van der Waals surface area contributed by atoms with Crippen molar-refractivity contribution in [3.8, 4) is 0 Å². The van der Waals surface area contributed by atoms with Gasteiger partial charge in [-0.3, -0.25) is 0 Å². The third-order valence-electron chi connectivity index (χ3n) is 14.2. The van der Waals surface area contributed by atoms with Gasteiger partial charge in [-0.15, -0.1) is 0 Å². The maximum absolute atomic E-state index is 2.57. The molecule has 314 valence electrons. The van der Waals surface area contributed by atoms with Crippen LogP contribution >= 0.6 is 11.8 Å². The molecule has 0 aliphatic carbocycles. The van der Waals surface area contributed by atoms with Gasteiger partial charge in [-0.2, -0.15) is 0 Å². The average molecular weight is 847 g/mol. The molecule has 0 saturated carbocycles. The minimum absolute atomic E-state index is 0.134. The van der Waals surface area contributed by atoms with E-state index in [4.69, 9.17) is 0 Å². The first-order valence-corrected chi connectivity index (χ1v) is 24.0. The van der Waals surface area contributed by atoms with Crippen molar-refractivity contribution in [3.63, 3.8) is 0 Å². The van der Waals surface area contributed by atoms with Crippen molar-refractivity contribution in [2.45, 2.75) is 88.3 Å². The van der Waals surface area contributed by atoms with Crippen LogP contribution in [-0.2, 0) is 5.41 Å². The predicted molar refractivity (Wildman–Crippen MR) is 275 cm³/mol. The second-order valence-corrected chi connectivity index (χ2v) is 20.3. The molecule has 64 heavy (non-hydrogen) atoms. The van der Waals surface area contributed by atoms with E-state index in [1.165, 1.54) is 105 Å². The van der Waals surface area contributed by atoms with Gasteiger partial charge in [0.25, 0.3) is 0 Å². The Balaban J connectivity index is 1.16. The van der Waals surface area contributed by atoms with E-state index in [-0.39, 0.29) is 6.71 Å². The van der Waals surface area contributed by atoms with Gasteiger partial charge in [0, 0.05) is 21.2 Å². The van der Waals surface area contributed by atoms with Gasteiger partial charge in [0.05, 0.1) is 28.2 Å². The van der Waals surface area contributed by atoms with Crippen LogP contribution in [0.5, 0.6) is 0 Å². The third-order valence-corrected chi connectivity index (χ3v) is 15.4. The zero-order valence-corrected chi connectivity index (χ0v) is 39.1. The van der Waals surface area contributed by atoms with Crippen molar-refractivity contribution in [1.29, 1.82) is 0 Å². The van der Waals surface area contributed by atoms with E-state index in [9.17, 15) is 0 Å². The summed E-state index contributed by atoms with van der Waals surface area (Å²) in [4.78, 5) is 7.70. The highest BCUT2D eigenvalue weighted by molar-refractivity contribution is 8.00. The van der Waals surface area contributed by atoms with Gasteiger partial charge in [0.2, 0.25) is 6.71 Å². The molecule has 8 aromatic rings. The predicted octanol–water partition coefficient (Wildman–Crippen LogP) is 14.6. The molecule has 3 aliphatic rings. The Labute approximate surface area is 385 Å². The summed E-state index contributed by atoms with van der Waals surface area (Å²) in [5, 5.41) is 0. The van der Waals surface area contributed by atoms with Gasteiger partial charge in [-0.1, -0.05) is 196 Å². The summed E-state index contributed by atoms with van der Waals surface area (Å²) < 4.78 is 0. The molecule has 3 aliphatic heterocycles. The van der Waals surface area contributed by atoms with Crippen LogP contribution < -0.4 is 26.2 Å². The second-order valence-electron chi connectivity index (χ2n) is 19.2. The van der Waals surface area contributed by atoms with Crippen molar-refractivity contribution in [2.24, 2.45) is 0 Å². The molecule has 0 unspecified atom stereocenters. The van der Waals surface area contributed by atoms with Crippen LogP contribution in [0, 0.1) is 13.8 Å². The van der Waals surface area contributed by atoms with Gasteiger partial charge < -0.3 is 9.80 Å². The molecule has 0 fully saturated rings. The van der Waals surface area contributed by atoms with Crippen LogP contribution in [0.1, 0.15) is 109 Å². The standard InChI is InChI=1S/C60H55BN2S/c1-37(2)42-34-45(38(3)4)59(46(35-42)39(5)6)61-51-22-14-17-25-57(51)64-58-36-44(28-29-52(58)61)63-55-30-26-40(7)32-49(55)60(50-33-41(8)27-31-56(50)63)47-20-12-15-23-53(47)62(43-18-10-9-11-19-43)54-24-16-13-21-48(54)60/h9-39H,1-8H3. The molecule has 0 atom stereocenters. The van der Waals surface area contributed by atoms with Crippen LogP contribution in [0.25, 0.3) is 0 Å². The first-order valence-electron chi connectivity index (χ1n) is 23.2. The summed E-state index contributed by atoms with van der Waals surface area (Å²) in [6.45, 7) is 18.8. The number of hydrogen-bond acceptors (Lipinski definition) is 3. The van der Waals surface area contributed by atoms with Crippen LogP contribution in [0.3, 0.4) is 0 Å². The van der Waals surface area contributed by atoms with E-state index in [0.29, 0.717) is 17.8 Å². The molecule has 0 saturated heterocycles. The summed E-state index contributed by atoms with van der Waals surface area (Å²) in [5.74, 6) is 1.26. The van der Waals surface area contributed by atoms with Crippen LogP contribution in [0.4, 0.5) is 34.1 Å². The third kappa shape index (κ3) is 6.09. The van der Waals surface area contributed by atoms with Crippen molar-refractivity contribution >= 4 is 69.0 Å². The first kappa shape index (κ1) is 40.5. The van der Waals surface area contributed by atoms with Gasteiger partial charge in [-0.25, -0.2) is 0 Å². The molecular weight excluding hydrogens is 792 g/mol. The lowest BCUT2D eigenvalue weighted by Crippen LogP contribution is -2.57. The quantitative estimate of drug-likeness (QED) is 0.154. The lowest BCUT2D eigenvalue weighted by Gasteiger charge is -2.51. The maximum Gasteiger partial charge on any atom is 0.244 e. The van der Waals surface area contributed by atoms with Gasteiger partial charge >= 0.3 is 0 Å². The van der Waals surface area contributed by atoms with E-state index >= 15 is 0 Å². The molecule has 0 N–H and O–H groups in total. The van der Waals surface area contributed by atoms with Crippen LogP contribution in [0.2, 0.25) is 0 Å². The summed E-state index contributed by atoms with van der Waals surface area (Å²) >= 11 is 1.93. The average Bonchev–Trinajstić information content (AvgIpc) is 3.30. The summed E-state index contributed by atoms with van der Waals surface area (Å²) in [5.41, 5.74) is 23.0. The van der Waals surface area contributed by atoms with Crippen LogP contribution in [-0.4, -0.2) is 6.71 Å². The minimum Gasteiger partial charge on any atom is -0.310 e. The molecule has 1 spiro atoms. The fourth-order valence-corrected chi connectivity index (χ4v) is 12.4. The van der Waals surface area contributed by atoms with Gasteiger partial charge in [0.1, 0.15) is 0 Å². The molecular formula is C60H55BN2S. The fraction of sp³-hybridized carbons (Fsp3) is 0.200. The summed E-state index contributed by atoms with van der Waals surface area (Å²) in [7, 11) is 0. The number of fused-ring (bicyclic) bond motifs is 10. The molecule has 3 heterocycles. The Morgan fingerprint density at radius 3 is 1.50 bits per heavy atom. The number of para-hydroxylation sites is 3. The summed E-state index contributed by atoms with van der Waals surface area (Å²) in [6, 6.07) is 65.0. The normalized spacial score (nSPS) is 14.3. The molecule has 11 rings (SSSR count). The molecule has 0 amide bonds. The topological polar surface area (TPSA) is 6.48 Å². The Hall–Kier alpha value is -6.23. The van der Waals surface area contributed by atoms with Gasteiger partial charge in [-0.05, 0) is 125 Å².